The number of carbonyl (C=O) groups excluding carboxylic acids is 2. The quantitative estimate of drug-likeness (QED) is 0.353. The van der Waals surface area contributed by atoms with E-state index in [1.54, 1.807) is 0 Å². The van der Waals surface area contributed by atoms with Crippen LogP contribution in [-0.4, -0.2) is 85.6 Å². The predicted octanol–water partition coefficient (Wildman–Crippen LogP) is -0.890. The van der Waals surface area contributed by atoms with Gasteiger partial charge in [0.1, 0.15) is 0 Å². The molecule has 23 heavy (non-hydrogen) atoms. The number of likely N-dealkylation sites (tertiary alicyclic amines) is 1. The lowest BCUT2D eigenvalue weighted by Gasteiger charge is -2.26. The van der Waals surface area contributed by atoms with E-state index in [4.69, 9.17) is 5.11 Å². The molecule has 0 saturated carbocycles. The Morgan fingerprint density at radius 1 is 1.13 bits per heavy atom. The molecule has 0 spiro atoms. The molecule has 8 heteroatoms. The number of likely N-dealkylation sites (N-methyl/N-ethyl adjacent to an activating group) is 1. The molecule has 1 aliphatic heterocycles. The van der Waals surface area contributed by atoms with E-state index in [9.17, 15) is 14.4 Å². The number of amides is 2. The maximum Gasteiger partial charge on any atom is 0.305 e. The molecule has 1 fully saturated rings. The summed E-state index contributed by atoms with van der Waals surface area (Å²) in [5.74, 6) is -1.27. The van der Waals surface area contributed by atoms with Crippen LogP contribution >= 0.6 is 0 Å². The molecule has 0 aromatic rings. The van der Waals surface area contributed by atoms with Crippen LogP contribution in [-0.2, 0) is 14.4 Å². The van der Waals surface area contributed by atoms with Gasteiger partial charge in [-0.25, -0.2) is 0 Å². The van der Waals surface area contributed by atoms with Crippen LogP contribution in [0.5, 0.6) is 0 Å². The Balaban J connectivity index is 2.16. The molecular formula is C15H28N4O4. The highest BCUT2D eigenvalue weighted by atomic mass is 16.5. The number of nitrogens with zero attached hydrogens (tertiary/aromatic N) is 2. The molecule has 132 valence electrons. The molecule has 1 aliphatic rings. The molecule has 1 heterocycles. The summed E-state index contributed by atoms with van der Waals surface area (Å²) in [4.78, 5) is 38.0. The summed E-state index contributed by atoms with van der Waals surface area (Å²) >= 11 is 0. The van der Waals surface area contributed by atoms with Gasteiger partial charge < -0.3 is 20.6 Å². The first kappa shape index (κ1) is 19.4. The third kappa shape index (κ3) is 8.51. The first-order valence-electron chi connectivity index (χ1n) is 8.02. The Bertz CT molecular complexity index is 414. The average Bonchev–Trinajstić information content (AvgIpc) is 2.84. The van der Waals surface area contributed by atoms with Gasteiger partial charge in [0.15, 0.2) is 0 Å². The number of nitrogens with one attached hydrogen (secondary N) is 2. The van der Waals surface area contributed by atoms with E-state index >= 15 is 0 Å². The molecule has 1 unspecified atom stereocenters. The summed E-state index contributed by atoms with van der Waals surface area (Å²) in [6.07, 6.45) is 2.28. The summed E-state index contributed by atoms with van der Waals surface area (Å²) in [5, 5.41) is 13.7. The summed E-state index contributed by atoms with van der Waals surface area (Å²) in [7, 11) is 4.05. The Kier molecular flexibility index (Phi) is 8.57. The molecule has 1 atom stereocenters. The van der Waals surface area contributed by atoms with Gasteiger partial charge in [-0.1, -0.05) is 0 Å². The molecule has 0 bridgehead atoms. The lowest BCUT2D eigenvalue weighted by atomic mass is 10.2. The van der Waals surface area contributed by atoms with E-state index in [2.05, 4.69) is 20.4 Å². The molecular weight excluding hydrogens is 309 g/mol. The van der Waals surface area contributed by atoms with Gasteiger partial charge >= 0.3 is 5.97 Å². The van der Waals surface area contributed by atoms with Crippen molar-refractivity contribution in [3.63, 3.8) is 0 Å². The van der Waals surface area contributed by atoms with E-state index < -0.39 is 5.97 Å². The summed E-state index contributed by atoms with van der Waals surface area (Å²) in [5.41, 5.74) is 0. The Morgan fingerprint density at radius 3 is 2.43 bits per heavy atom. The van der Waals surface area contributed by atoms with Crippen LogP contribution in [0.4, 0.5) is 0 Å². The van der Waals surface area contributed by atoms with Crippen molar-refractivity contribution < 1.29 is 19.5 Å². The highest BCUT2D eigenvalue weighted by molar-refractivity contribution is 5.80. The van der Waals surface area contributed by atoms with Crippen molar-refractivity contribution in [2.75, 3.05) is 46.8 Å². The van der Waals surface area contributed by atoms with Gasteiger partial charge in [0.05, 0.1) is 13.0 Å². The molecule has 1 rings (SSSR count). The van der Waals surface area contributed by atoms with E-state index in [1.807, 2.05) is 14.1 Å². The van der Waals surface area contributed by atoms with Crippen LogP contribution in [0.2, 0.25) is 0 Å². The number of hydrogen-bond acceptors (Lipinski definition) is 5. The summed E-state index contributed by atoms with van der Waals surface area (Å²) in [6.45, 7) is 2.62. The smallest absolute Gasteiger partial charge is 0.305 e. The maximum atomic E-state index is 11.9. The zero-order valence-electron chi connectivity index (χ0n) is 14.0. The molecule has 3 N–H and O–H groups in total. The largest absolute Gasteiger partial charge is 0.481 e. The first-order chi connectivity index (χ1) is 10.9. The van der Waals surface area contributed by atoms with Gasteiger partial charge in [-0.05, 0) is 33.5 Å². The normalized spacial score (nSPS) is 18.1. The van der Waals surface area contributed by atoms with Crippen molar-refractivity contribution in [2.24, 2.45) is 0 Å². The third-order valence-electron chi connectivity index (χ3n) is 3.76. The monoisotopic (exact) mass is 337 g/mol. The predicted molar refractivity (Wildman–Crippen MR) is 86.0 cm³/mol. The second kappa shape index (κ2) is 10.2. The molecule has 8 nitrogen and oxygen atoms in total. The number of carboxylic acid groups (broad SMARTS) is 1. The molecule has 0 aliphatic carbocycles. The SMILES string of the molecule is [13CH3][15N]([13CH3])CC1CCC[15N]1C[13C](=O)NCC[13C](=O)N[13CH2][13CH2][13C](=O)O. The standard InChI is InChI=1S/C15H28N4O4/c1-18(2)10-12-4-3-9-19(12)11-14(21)17-7-5-13(20)16-8-6-15(22)23/h12H,3-11H2,1-2H3,(H,16,20)(H,17,21)(H,22,23)/i1+1,2+1,6+1,8+1,13+1,14+1,15+1,18+1,19+1. The third-order valence-corrected chi connectivity index (χ3v) is 3.76. The first-order valence-corrected chi connectivity index (χ1v) is 8.02. The molecule has 1 saturated heterocycles. The summed E-state index contributed by atoms with van der Waals surface area (Å²) < 4.78 is 0. The number of hydrogen-bond donors (Lipinski definition) is 3. The van der Waals surface area contributed by atoms with Gasteiger partial charge in [0, 0.05) is 32.1 Å². The fraction of sp³-hybridized carbons (Fsp3) is 0.800. The molecule has 0 radical (unpaired) electrons. The fourth-order valence-electron chi connectivity index (χ4n) is 2.68. The van der Waals surface area contributed by atoms with Crippen LogP contribution in [0, 0.1) is 0 Å². The number of carbonyl (C=O) groups is 3. The van der Waals surface area contributed by atoms with E-state index in [0.717, 1.165) is 25.9 Å². The number of rotatable bonds is 10. The number of carboxylic acids is 1. The minimum Gasteiger partial charge on any atom is -0.481 e. The topological polar surface area (TPSA) is 102 Å². The van der Waals surface area contributed by atoms with Crippen LogP contribution in [0.1, 0.15) is 25.7 Å². The Hall–Kier alpha value is -1.67. The van der Waals surface area contributed by atoms with E-state index in [0.29, 0.717) is 12.6 Å². The van der Waals surface area contributed by atoms with Crippen LogP contribution in [0.15, 0.2) is 0 Å². The Labute approximate surface area is 137 Å². The van der Waals surface area contributed by atoms with Gasteiger partial charge in [0.2, 0.25) is 11.8 Å². The van der Waals surface area contributed by atoms with Gasteiger partial charge in [-0.2, -0.15) is 0 Å². The average molecular weight is 337 g/mol. The minimum atomic E-state index is -0.948. The van der Waals surface area contributed by atoms with Gasteiger partial charge in [-0.3, -0.25) is 19.3 Å². The van der Waals surface area contributed by atoms with Crippen LogP contribution < -0.4 is 10.6 Å². The highest BCUT2D eigenvalue weighted by Crippen LogP contribution is 2.16. The second-order valence-electron chi connectivity index (χ2n) is 6.12. The van der Waals surface area contributed by atoms with Crippen LogP contribution in [0.25, 0.3) is 0 Å². The lowest BCUT2D eigenvalue weighted by Crippen LogP contribution is -2.44. The highest BCUT2D eigenvalue weighted by Gasteiger charge is 2.26. The van der Waals surface area contributed by atoms with Crippen molar-refractivity contribution in [3.05, 3.63) is 0 Å². The fourth-order valence-corrected chi connectivity index (χ4v) is 2.68. The van der Waals surface area contributed by atoms with Crippen molar-refractivity contribution in [1.29, 1.82) is 0 Å². The minimum absolute atomic E-state index is 0.0750. The zero-order valence-corrected chi connectivity index (χ0v) is 14.0. The second-order valence-corrected chi connectivity index (χ2v) is 6.12. The maximum absolute atomic E-state index is 11.9. The van der Waals surface area contributed by atoms with E-state index in [1.165, 1.54) is 0 Å². The lowest BCUT2D eigenvalue weighted by molar-refractivity contribution is -0.137. The number of aliphatic carboxylic acids is 1. The van der Waals surface area contributed by atoms with Crippen LogP contribution in [0.3, 0.4) is 0 Å². The van der Waals surface area contributed by atoms with Gasteiger partial charge in [0.25, 0.3) is 0 Å². The van der Waals surface area contributed by atoms with Gasteiger partial charge in [-0.15, -0.1) is 0 Å². The molecule has 2 amide bonds. The Morgan fingerprint density at radius 2 is 1.78 bits per heavy atom. The molecule has 0 aromatic carbocycles. The van der Waals surface area contributed by atoms with E-state index in [-0.39, 0.29) is 37.7 Å². The molecule has 0 aromatic heterocycles. The zero-order chi connectivity index (χ0) is 17.2. The van der Waals surface area contributed by atoms with Crippen molar-refractivity contribution in [2.45, 2.75) is 31.7 Å². The van der Waals surface area contributed by atoms with Crippen molar-refractivity contribution in [1.82, 2.24) is 20.4 Å². The van der Waals surface area contributed by atoms with Crippen molar-refractivity contribution in [3.8, 4) is 0 Å². The summed E-state index contributed by atoms with van der Waals surface area (Å²) in [6, 6.07) is 0.412. The van der Waals surface area contributed by atoms with Crippen molar-refractivity contribution >= 4 is 17.8 Å².